The topological polar surface area (TPSA) is 64.3 Å². The number of hydrogen-bond acceptors (Lipinski definition) is 4. The number of benzene rings is 2. The zero-order valence-corrected chi connectivity index (χ0v) is 15.5. The van der Waals surface area contributed by atoms with Crippen molar-refractivity contribution < 1.29 is 9.90 Å². The Bertz CT molecular complexity index is 863. The number of carbonyl (C=O) groups excluding carboxylic acids is 1. The van der Waals surface area contributed by atoms with Crippen LogP contribution in [0.1, 0.15) is 34.0 Å². The monoisotopic (exact) mass is 348 g/mol. The number of likely N-dealkylation sites (N-methyl/N-ethyl adjacent to an activating group) is 1. The first-order valence-corrected chi connectivity index (χ1v) is 8.70. The van der Waals surface area contributed by atoms with Gasteiger partial charge in [-0.25, -0.2) is 0 Å². The van der Waals surface area contributed by atoms with Crippen LogP contribution in [0.25, 0.3) is 6.08 Å². The molecule has 0 heterocycles. The van der Waals surface area contributed by atoms with Crippen molar-refractivity contribution in [3.05, 3.63) is 70.3 Å². The molecule has 0 aliphatic carbocycles. The minimum atomic E-state index is -0.260. The third-order valence-electron chi connectivity index (χ3n) is 4.42. The van der Waals surface area contributed by atoms with Gasteiger partial charge in [-0.1, -0.05) is 30.3 Å². The van der Waals surface area contributed by atoms with Crippen LogP contribution in [0.3, 0.4) is 0 Å². The second-order valence-electron chi connectivity index (χ2n) is 6.16. The summed E-state index contributed by atoms with van der Waals surface area (Å²) in [7, 11) is 0. The maximum atomic E-state index is 12.7. The van der Waals surface area contributed by atoms with Crippen LogP contribution in [0.15, 0.2) is 48.0 Å². The lowest BCUT2D eigenvalue weighted by molar-refractivity contribution is 0.103. The van der Waals surface area contributed by atoms with E-state index in [0.29, 0.717) is 12.1 Å². The smallest absolute Gasteiger partial charge is 0.203 e. The molecule has 0 fully saturated rings. The second kappa shape index (κ2) is 8.98. The molecule has 2 rings (SSSR count). The summed E-state index contributed by atoms with van der Waals surface area (Å²) in [6.45, 7) is 7.31. The number of Topliss-reactive ketones (excluding diaryl/α,β-unsaturated/α-hetero) is 1. The van der Waals surface area contributed by atoms with Gasteiger partial charge in [0.25, 0.3) is 0 Å². The molecule has 0 bridgehead atoms. The number of hydrogen-bond donors (Lipinski definition) is 1. The van der Waals surface area contributed by atoms with Gasteiger partial charge in [-0.2, -0.15) is 5.26 Å². The summed E-state index contributed by atoms with van der Waals surface area (Å²) in [6.07, 6.45) is 1.65. The molecule has 0 saturated carbocycles. The minimum Gasteiger partial charge on any atom is -0.395 e. The first kappa shape index (κ1) is 19.4. The lowest BCUT2D eigenvalue weighted by atomic mass is 9.97. The van der Waals surface area contributed by atoms with E-state index in [1.54, 1.807) is 18.2 Å². The Morgan fingerprint density at radius 3 is 2.50 bits per heavy atom. The standard InChI is InChI=1S/C22H24N2O2/c1-4-24(11-12-25)20-10-9-18(17(3)13-20)14-19(15-23)22(26)21-8-6-5-7-16(21)2/h5-10,13-14,25H,4,11-12H2,1-3H3/b19-14+. The molecule has 0 aliphatic heterocycles. The fourth-order valence-corrected chi connectivity index (χ4v) is 2.89. The summed E-state index contributed by atoms with van der Waals surface area (Å²) >= 11 is 0. The van der Waals surface area contributed by atoms with Crippen LogP contribution >= 0.6 is 0 Å². The van der Waals surface area contributed by atoms with Gasteiger partial charge >= 0.3 is 0 Å². The van der Waals surface area contributed by atoms with Gasteiger partial charge < -0.3 is 10.0 Å². The first-order chi connectivity index (χ1) is 12.5. The maximum Gasteiger partial charge on any atom is 0.203 e. The van der Waals surface area contributed by atoms with Crippen LogP contribution in [0.4, 0.5) is 5.69 Å². The maximum absolute atomic E-state index is 12.7. The average Bonchev–Trinajstić information content (AvgIpc) is 2.65. The molecule has 2 aromatic rings. The fourth-order valence-electron chi connectivity index (χ4n) is 2.89. The molecule has 0 amide bonds. The highest BCUT2D eigenvalue weighted by Gasteiger charge is 2.15. The van der Waals surface area contributed by atoms with Crippen molar-refractivity contribution in [2.75, 3.05) is 24.6 Å². The van der Waals surface area contributed by atoms with Crippen molar-refractivity contribution in [3.63, 3.8) is 0 Å². The molecule has 0 radical (unpaired) electrons. The fraction of sp³-hybridized carbons (Fsp3) is 0.273. The normalized spacial score (nSPS) is 11.1. The molecule has 1 N–H and O–H groups in total. The quantitative estimate of drug-likeness (QED) is 0.468. The van der Waals surface area contributed by atoms with Crippen molar-refractivity contribution >= 4 is 17.5 Å². The van der Waals surface area contributed by atoms with Gasteiger partial charge in [0, 0.05) is 24.3 Å². The van der Waals surface area contributed by atoms with Gasteiger partial charge in [0.2, 0.25) is 5.78 Å². The van der Waals surface area contributed by atoms with Crippen LogP contribution in [0.5, 0.6) is 0 Å². The van der Waals surface area contributed by atoms with Gasteiger partial charge in [-0.05, 0) is 55.7 Å². The third kappa shape index (κ3) is 4.38. The average molecular weight is 348 g/mol. The Labute approximate surface area is 155 Å². The van der Waals surface area contributed by atoms with Gasteiger partial charge in [0.15, 0.2) is 0 Å². The lowest BCUT2D eigenvalue weighted by Gasteiger charge is -2.22. The molecule has 2 aromatic carbocycles. The molecule has 0 aromatic heterocycles. The molecular formula is C22H24N2O2. The summed E-state index contributed by atoms with van der Waals surface area (Å²) in [5.74, 6) is -0.260. The summed E-state index contributed by atoms with van der Waals surface area (Å²) in [4.78, 5) is 14.8. The van der Waals surface area contributed by atoms with Gasteiger partial charge in [-0.3, -0.25) is 4.79 Å². The molecule has 0 saturated heterocycles. The molecule has 134 valence electrons. The second-order valence-corrected chi connectivity index (χ2v) is 6.16. The van der Waals surface area contributed by atoms with E-state index in [0.717, 1.165) is 28.9 Å². The van der Waals surface area contributed by atoms with E-state index in [2.05, 4.69) is 4.90 Å². The van der Waals surface area contributed by atoms with E-state index in [4.69, 9.17) is 0 Å². The number of carbonyl (C=O) groups is 1. The molecular weight excluding hydrogens is 324 g/mol. The summed E-state index contributed by atoms with van der Waals surface area (Å²) in [6, 6.07) is 15.2. The highest BCUT2D eigenvalue weighted by atomic mass is 16.3. The Morgan fingerprint density at radius 2 is 1.92 bits per heavy atom. The molecule has 4 nitrogen and oxygen atoms in total. The predicted octanol–water partition coefficient (Wildman–Crippen LogP) is 3.91. The zero-order chi connectivity index (χ0) is 19.1. The summed E-state index contributed by atoms with van der Waals surface area (Å²) in [5.41, 5.74) is 4.36. The third-order valence-corrected chi connectivity index (χ3v) is 4.42. The van der Waals surface area contributed by atoms with E-state index < -0.39 is 0 Å². The van der Waals surface area contributed by atoms with E-state index in [1.807, 2.05) is 57.2 Å². The highest BCUT2D eigenvalue weighted by molar-refractivity contribution is 6.14. The Balaban J connectivity index is 2.36. The Morgan fingerprint density at radius 1 is 1.19 bits per heavy atom. The molecule has 26 heavy (non-hydrogen) atoms. The van der Waals surface area contributed by atoms with E-state index in [9.17, 15) is 15.2 Å². The Hall–Kier alpha value is -2.90. The molecule has 0 aliphatic rings. The van der Waals surface area contributed by atoms with Crippen molar-refractivity contribution in [2.24, 2.45) is 0 Å². The van der Waals surface area contributed by atoms with Crippen LogP contribution in [0, 0.1) is 25.2 Å². The number of aryl methyl sites for hydroxylation is 2. The lowest BCUT2D eigenvalue weighted by Crippen LogP contribution is -2.26. The van der Waals surface area contributed by atoms with Crippen LogP contribution in [-0.4, -0.2) is 30.6 Å². The Kier molecular flexibility index (Phi) is 6.71. The number of anilines is 1. The number of allylic oxidation sites excluding steroid dienone is 1. The molecule has 4 heteroatoms. The molecule has 0 atom stereocenters. The number of aliphatic hydroxyl groups excluding tert-OH is 1. The van der Waals surface area contributed by atoms with Gasteiger partial charge in [0.05, 0.1) is 6.61 Å². The van der Waals surface area contributed by atoms with Crippen LogP contribution < -0.4 is 4.90 Å². The van der Waals surface area contributed by atoms with E-state index in [-0.39, 0.29) is 18.0 Å². The zero-order valence-electron chi connectivity index (χ0n) is 15.5. The van der Waals surface area contributed by atoms with E-state index >= 15 is 0 Å². The van der Waals surface area contributed by atoms with Crippen LogP contribution in [-0.2, 0) is 0 Å². The SMILES string of the molecule is CCN(CCO)c1ccc(/C=C(\C#N)C(=O)c2ccccc2C)c(C)c1. The minimum absolute atomic E-state index is 0.0953. The number of nitriles is 1. The summed E-state index contributed by atoms with van der Waals surface area (Å²) in [5, 5.41) is 18.6. The van der Waals surface area contributed by atoms with Crippen molar-refractivity contribution in [3.8, 4) is 6.07 Å². The van der Waals surface area contributed by atoms with Crippen molar-refractivity contribution in [1.82, 2.24) is 0 Å². The number of ketones is 1. The molecule has 0 unspecified atom stereocenters. The van der Waals surface area contributed by atoms with Gasteiger partial charge in [-0.15, -0.1) is 0 Å². The van der Waals surface area contributed by atoms with Crippen molar-refractivity contribution in [1.29, 1.82) is 5.26 Å². The first-order valence-electron chi connectivity index (χ1n) is 8.70. The van der Waals surface area contributed by atoms with Crippen LogP contribution in [0.2, 0.25) is 0 Å². The predicted molar refractivity (Wildman–Crippen MR) is 105 cm³/mol. The van der Waals surface area contributed by atoms with Crippen molar-refractivity contribution in [2.45, 2.75) is 20.8 Å². The number of rotatable bonds is 7. The van der Waals surface area contributed by atoms with Gasteiger partial charge in [0.1, 0.15) is 11.6 Å². The highest BCUT2D eigenvalue weighted by Crippen LogP contribution is 2.22. The number of aliphatic hydroxyl groups is 1. The largest absolute Gasteiger partial charge is 0.395 e. The molecule has 0 spiro atoms. The summed E-state index contributed by atoms with van der Waals surface area (Å²) < 4.78 is 0. The van der Waals surface area contributed by atoms with E-state index in [1.165, 1.54) is 0 Å². The number of nitrogens with zero attached hydrogens (tertiary/aromatic N) is 2.